The maximum Gasteiger partial charge on any atom is 0.241 e. The zero-order valence-corrected chi connectivity index (χ0v) is 12.7. The van der Waals surface area contributed by atoms with Crippen molar-refractivity contribution in [3.63, 3.8) is 0 Å². The first kappa shape index (κ1) is 15.5. The van der Waals surface area contributed by atoms with E-state index in [1.54, 1.807) is 54.6 Å². The first-order valence-corrected chi connectivity index (χ1v) is 8.37. The van der Waals surface area contributed by atoms with Crippen LogP contribution in [-0.2, 0) is 10.0 Å². The van der Waals surface area contributed by atoms with Crippen molar-refractivity contribution in [3.05, 3.63) is 60.2 Å². The normalized spacial score (nSPS) is 13.0. The van der Waals surface area contributed by atoms with Crippen LogP contribution in [0.2, 0.25) is 0 Å². The Morgan fingerprint density at radius 3 is 2.24 bits per heavy atom. The molecule has 2 rings (SSSR count). The van der Waals surface area contributed by atoms with Gasteiger partial charge in [-0.25, -0.2) is 13.1 Å². The van der Waals surface area contributed by atoms with Gasteiger partial charge in [-0.3, -0.25) is 0 Å². The van der Waals surface area contributed by atoms with Gasteiger partial charge in [-0.1, -0.05) is 43.7 Å². The second-order valence-electron chi connectivity index (χ2n) is 4.87. The molecule has 0 spiro atoms. The van der Waals surface area contributed by atoms with Crippen LogP contribution in [0.5, 0.6) is 5.75 Å². The molecule has 0 bridgehead atoms. The summed E-state index contributed by atoms with van der Waals surface area (Å²) in [5.41, 5.74) is 0.842. The van der Waals surface area contributed by atoms with Gasteiger partial charge < -0.3 is 5.11 Å². The molecule has 2 aromatic rings. The summed E-state index contributed by atoms with van der Waals surface area (Å²) in [5.74, 6) is 0.167. The monoisotopic (exact) mass is 305 g/mol. The molecule has 5 heteroatoms. The van der Waals surface area contributed by atoms with Crippen molar-refractivity contribution in [2.75, 3.05) is 0 Å². The highest BCUT2D eigenvalue weighted by Crippen LogP contribution is 2.23. The lowest BCUT2D eigenvalue weighted by molar-refractivity contribution is 0.474. The molecular formula is C16H19NO3S. The van der Waals surface area contributed by atoms with Crippen molar-refractivity contribution >= 4 is 10.0 Å². The van der Waals surface area contributed by atoms with Crippen LogP contribution < -0.4 is 4.72 Å². The maximum atomic E-state index is 12.4. The predicted octanol–water partition coefficient (Wildman–Crippen LogP) is 3.21. The summed E-state index contributed by atoms with van der Waals surface area (Å²) in [6, 6.07) is 14.6. The summed E-state index contributed by atoms with van der Waals surface area (Å²) in [5, 5.41) is 9.34. The summed E-state index contributed by atoms with van der Waals surface area (Å²) in [7, 11) is -3.55. The van der Waals surface area contributed by atoms with E-state index in [2.05, 4.69) is 4.72 Å². The van der Waals surface area contributed by atoms with Crippen molar-refractivity contribution in [3.8, 4) is 5.75 Å². The molecule has 21 heavy (non-hydrogen) atoms. The Kier molecular flexibility index (Phi) is 4.98. The molecule has 1 atom stereocenters. The Labute approximate surface area is 125 Å². The summed E-state index contributed by atoms with van der Waals surface area (Å²) in [4.78, 5) is 0.255. The zero-order valence-electron chi connectivity index (χ0n) is 11.9. The fourth-order valence-corrected chi connectivity index (χ4v) is 3.42. The van der Waals surface area contributed by atoms with E-state index in [0.717, 1.165) is 12.0 Å². The fraction of sp³-hybridized carbons (Fsp3) is 0.250. The number of phenols is 1. The number of benzene rings is 2. The largest absolute Gasteiger partial charge is 0.508 e. The van der Waals surface area contributed by atoms with Crippen LogP contribution in [0.4, 0.5) is 0 Å². The highest BCUT2D eigenvalue weighted by molar-refractivity contribution is 7.89. The predicted molar refractivity (Wildman–Crippen MR) is 82.5 cm³/mol. The van der Waals surface area contributed by atoms with Gasteiger partial charge in [-0.2, -0.15) is 0 Å². The number of nitrogens with one attached hydrogen (secondary N) is 1. The summed E-state index contributed by atoms with van der Waals surface area (Å²) >= 11 is 0. The number of rotatable bonds is 6. The van der Waals surface area contributed by atoms with Gasteiger partial charge in [0.15, 0.2) is 0 Å². The quantitative estimate of drug-likeness (QED) is 0.861. The van der Waals surface area contributed by atoms with Crippen molar-refractivity contribution in [1.29, 1.82) is 0 Å². The van der Waals surface area contributed by atoms with Gasteiger partial charge in [0, 0.05) is 6.04 Å². The lowest BCUT2D eigenvalue weighted by Gasteiger charge is -2.18. The molecule has 0 amide bonds. The summed E-state index contributed by atoms with van der Waals surface area (Å²) in [6.07, 6.45) is 1.54. The van der Waals surface area contributed by atoms with E-state index >= 15 is 0 Å². The van der Waals surface area contributed by atoms with Crippen LogP contribution in [0, 0.1) is 0 Å². The minimum absolute atomic E-state index is 0.167. The van der Waals surface area contributed by atoms with Gasteiger partial charge in [-0.15, -0.1) is 0 Å². The highest BCUT2D eigenvalue weighted by atomic mass is 32.2. The minimum atomic E-state index is -3.55. The third-order valence-electron chi connectivity index (χ3n) is 3.22. The molecule has 0 aliphatic rings. The fourth-order valence-electron chi connectivity index (χ4n) is 2.14. The van der Waals surface area contributed by atoms with Gasteiger partial charge in [0.25, 0.3) is 0 Å². The zero-order chi connectivity index (χ0) is 15.3. The number of hydrogen-bond acceptors (Lipinski definition) is 3. The van der Waals surface area contributed by atoms with E-state index < -0.39 is 10.0 Å². The van der Waals surface area contributed by atoms with Crippen LogP contribution in [0.3, 0.4) is 0 Å². The van der Waals surface area contributed by atoms with Crippen LogP contribution >= 0.6 is 0 Å². The van der Waals surface area contributed by atoms with E-state index in [9.17, 15) is 13.5 Å². The van der Waals surface area contributed by atoms with E-state index in [4.69, 9.17) is 0 Å². The lowest BCUT2D eigenvalue weighted by atomic mass is 10.0. The van der Waals surface area contributed by atoms with Crippen LogP contribution in [0.25, 0.3) is 0 Å². The number of sulfonamides is 1. The first-order chi connectivity index (χ1) is 10.0. The average molecular weight is 305 g/mol. The molecule has 0 saturated carbocycles. The van der Waals surface area contributed by atoms with Crippen molar-refractivity contribution < 1.29 is 13.5 Å². The standard InChI is InChI=1S/C16H19NO3S/c1-2-6-16(13-9-11-14(18)12-10-13)17-21(19,20)15-7-4-3-5-8-15/h3-5,7-12,16-18H,2,6H2,1H3. The molecule has 0 radical (unpaired) electrons. The number of aromatic hydroxyl groups is 1. The van der Waals surface area contributed by atoms with Gasteiger partial charge in [0.2, 0.25) is 10.0 Å². The molecule has 112 valence electrons. The molecule has 0 aromatic heterocycles. The Hall–Kier alpha value is -1.85. The minimum Gasteiger partial charge on any atom is -0.508 e. The van der Waals surface area contributed by atoms with Gasteiger partial charge in [-0.05, 0) is 36.2 Å². The molecule has 0 aliphatic carbocycles. The Morgan fingerprint density at radius 1 is 1.05 bits per heavy atom. The smallest absolute Gasteiger partial charge is 0.241 e. The number of phenolic OH excluding ortho intramolecular Hbond substituents is 1. The SMILES string of the molecule is CCCC(NS(=O)(=O)c1ccccc1)c1ccc(O)cc1. The molecule has 1 unspecified atom stereocenters. The van der Waals surface area contributed by atoms with Gasteiger partial charge >= 0.3 is 0 Å². The second-order valence-corrected chi connectivity index (χ2v) is 6.58. The Morgan fingerprint density at radius 2 is 1.67 bits per heavy atom. The highest BCUT2D eigenvalue weighted by Gasteiger charge is 2.20. The van der Waals surface area contributed by atoms with Gasteiger partial charge in [0.05, 0.1) is 4.90 Å². The van der Waals surface area contributed by atoms with E-state index in [0.29, 0.717) is 6.42 Å². The molecule has 2 aromatic carbocycles. The first-order valence-electron chi connectivity index (χ1n) is 6.89. The van der Waals surface area contributed by atoms with Gasteiger partial charge in [0.1, 0.15) is 5.75 Å². The summed E-state index contributed by atoms with van der Waals surface area (Å²) in [6.45, 7) is 2.00. The number of hydrogen-bond donors (Lipinski definition) is 2. The molecule has 0 aliphatic heterocycles. The molecule has 0 saturated heterocycles. The molecule has 0 fully saturated rings. The van der Waals surface area contributed by atoms with Crippen molar-refractivity contribution in [2.24, 2.45) is 0 Å². The van der Waals surface area contributed by atoms with Crippen LogP contribution in [0.15, 0.2) is 59.5 Å². The van der Waals surface area contributed by atoms with Crippen molar-refractivity contribution in [2.45, 2.75) is 30.7 Å². The van der Waals surface area contributed by atoms with Crippen LogP contribution in [-0.4, -0.2) is 13.5 Å². The van der Waals surface area contributed by atoms with Crippen LogP contribution in [0.1, 0.15) is 31.4 Å². The third-order valence-corrected chi connectivity index (χ3v) is 4.71. The Bertz CT molecular complexity index is 666. The van der Waals surface area contributed by atoms with E-state index in [1.807, 2.05) is 6.92 Å². The maximum absolute atomic E-state index is 12.4. The Balaban J connectivity index is 2.26. The average Bonchev–Trinajstić information content (AvgIpc) is 2.48. The molecular weight excluding hydrogens is 286 g/mol. The topological polar surface area (TPSA) is 66.4 Å². The molecule has 0 heterocycles. The molecule has 2 N–H and O–H groups in total. The third kappa shape index (κ3) is 4.06. The van der Waals surface area contributed by atoms with Crippen molar-refractivity contribution in [1.82, 2.24) is 4.72 Å². The molecule has 4 nitrogen and oxygen atoms in total. The summed E-state index contributed by atoms with van der Waals surface area (Å²) < 4.78 is 27.5. The van der Waals surface area contributed by atoms with E-state index in [1.165, 1.54) is 0 Å². The second kappa shape index (κ2) is 6.74. The lowest BCUT2D eigenvalue weighted by Crippen LogP contribution is -2.28. The van der Waals surface area contributed by atoms with E-state index in [-0.39, 0.29) is 16.7 Å².